The smallest absolute Gasteiger partial charge is 0.0563 e. The van der Waals surface area contributed by atoms with Gasteiger partial charge in [-0.25, -0.2) is 0 Å². The van der Waals surface area contributed by atoms with Crippen molar-refractivity contribution in [3.8, 4) is 0 Å². The quantitative estimate of drug-likeness (QED) is 0.577. The molecule has 0 unspecified atom stereocenters. The Morgan fingerprint density at radius 2 is 1.80 bits per heavy atom. The minimum Gasteiger partial charge on any atom is -0.396 e. The van der Waals surface area contributed by atoms with Crippen LogP contribution in [-0.4, -0.2) is 36.6 Å². The van der Waals surface area contributed by atoms with Crippen LogP contribution in [0.5, 0.6) is 0 Å². The Bertz CT molecular complexity index is 78.9. The molecule has 2 N–H and O–H groups in total. The summed E-state index contributed by atoms with van der Waals surface area (Å²) >= 11 is 0. The topological polar surface area (TPSA) is 49.7 Å². The lowest BCUT2D eigenvalue weighted by Crippen LogP contribution is -2.31. The number of ether oxygens (including phenoxy) is 1. The Kier molecular flexibility index (Phi) is 4.60. The molecule has 3 heteroatoms. The summed E-state index contributed by atoms with van der Waals surface area (Å²) in [5.41, 5.74) is -0.476. The molecule has 0 aliphatic rings. The van der Waals surface area contributed by atoms with Gasteiger partial charge in [-0.05, 0) is 6.92 Å². The van der Waals surface area contributed by atoms with Gasteiger partial charge in [0.1, 0.15) is 0 Å². The number of aliphatic hydroxyl groups excluding tert-OH is 2. The van der Waals surface area contributed by atoms with E-state index in [9.17, 15) is 0 Å². The maximum absolute atomic E-state index is 8.77. The third-order valence-electron chi connectivity index (χ3n) is 1.42. The maximum atomic E-state index is 8.77. The molecular formula is C7H16O3. The molecular weight excluding hydrogens is 132 g/mol. The lowest BCUT2D eigenvalue weighted by atomic mass is 9.95. The largest absolute Gasteiger partial charge is 0.396 e. The summed E-state index contributed by atoms with van der Waals surface area (Å²) in [5.74, 6) is 0. The van der Waals surface area contributed by atoms with Crippen molar-refractivity contribution >= 4 is 0 Å². The molecule has 0 heterocycles. The zero-order chi connectivity index (χ0) is 8.04. The summed E-state index contributed by atoms with van der Waals surface area (Å²) in [5, 5.41) is 17.5. The first-order valence-electron chi connectivity index (χ1n) is 3.48. The van der Waals surface area contributed by atoms with Gasteiger partial charge in [0.2, 0.25) is 0 Å². The second-order valence-corrected chi connectivity index (χ2v) is 2.76. The van der Waals surface area contributed by atoms with E-state index in [-0.39, 0.29) is 13.2 Å². The van der Waals surface area contributed by atoms with Crippen molar-refractivity contribution in [2.24, 2.45) is 5.41 Å². The highest BCUT2D eigenvalue weighted by Crippen LogP contribution is 2.13. The van der Waals surface area contributed by atoms with Crippen molar-refractivity contribution < 1.29 is 14.9 Å². The number of aliphatic hydroxyl groups is 2. The summed E-state index contributed by atoms with van der Waals surface area (Å²) in [6, 6.07) is 0. The average molecular weight is 148 g/mol. The zero-order valence-corrected chi connectivity index (χ0v) is 6.63. The molecule has 0 saturated carbocycles. The van der Waals surface area contributed by atoms with E-state index < -0.39 is 5.41 Å². The van der Waals surface area contributed by atoms with E-state index >= 15 is 0 Å². The van der Waals surface area contributed by atoms with Crippen molar-refractivity contribution in [1.29, 1.82) is 0 Å². The Morgan fingerprint density at radius 1 is 1.30 bits per heavy atom. The van der Waals surface area contributed by atoms with Gasteiger partial charge in [0.15, 0.2) is 0 Å². The third-order valence-corrected chi connectivity index (χ3v) is 1.42. The van der Waals surface area contributed by atoms with Crippen LogP contribution in [0.2, 0.25) is 0 Å². The van der Waals surface area contributed by atoms with E-state index in [2.05, 4.69) is 0 Å². The fraction of sp³-hybridized carbons (Fsp3) is 1.00. The molecule has 0 radical (unpaired) electrons. The zero-order valence-electron chi connectivity index (χ0n) is 6.63. The normalized spacial score (nSPS) is 12.0. The Hall–Kier alpha value is -0.120. The molecule has 3 nitrogen and oxygen atoms in total. The number of hydrogen-bond acceptors (Lipinski definition) is 3. The van der Waals surface area contributed by atoms with E-state index in [1.807, 2.05) is 6.92 Å². The second kappa shape index (κ2) is 4.66. The summed E-state index contributed by atoms with van der Waals surface area (Å²) in [7, 11) is 0. The van der Waals surface area contributed by atoms with Gasteiger partial charge in [-0.1, -0.05) is 6.92 Å². The predicted octanol–water partition coefficient (Wildman–Crippen LogP) is 0.0138. The van der Waals surface area contributed by atoms with Crippen LogP contribution in [0.4, 0.5) is 0 Å². The molecule has 0 saturated heterocycles. The molecule has 0 bridgehead atoms. The van der Waals surface area contributed by atoms with Crippen LogP contribution in [0.1, 0.15) is 13.8 Å². The van der Waals surface area contributed by atoms with Crippen molar-refractivity contribution in [2.75, 3.05) is 26.4 Å². The van der Waals surface area contributed by atoms with Crippen LogP contribution < -0.4 is 0 Å². The van der Waals surface area contributed by atoms with Crippen molar-refractivity contribution in [1.82, 2.24) is 0 Å². The molecule has 0 rings (SSSR count). The first kappa shape index (κ1) is 9.88. The molecule has 0 aliphatic heterocycles. The van der Waals surface area contributed by atoms with Gasteiger partial charge in [0.25, 0.3) is 0 Å². The minimum absolute atomic E-state index is 0.0382. The maximum Gasteiger partial charge on any atom is 0.0563 e. The van der Waals surface area contributed by atoms with E-state index in [1.165, 1.54) is 0 Å². The predicted molar refractivity (Wildman–Crippen MR) is 38.8 cm³/mol. The van der Waals surface area contributed by atoms with Crippen LogP contribution in [0, 0.1) is 5.41 Å². The van der Waals surface area contributed by atoms with Gasteiger partial charge < -0.3 is 14.9 Å². The monoisotopic (exact) mass is 148 g/mol. The second-order valence-electron chi connectivity index (χ2n) is 2.76. The molecule has 10 heavy (non-hydrogen) atoms. The standard InChI is InChI=1S/C7H16O3/c1-3-10-6-7(2,4-8)5-9/h8-9H,3-6H2,1-2H3. The van der Waals surface area contributed by atoms with Crippen molar-refractivity contribution in [3.05, 3.63) is 0 Å². The summed E-state index contributed by atoms with van der Waals surface area (Å²) in [6.07, 6.45) is 0. The molecule has 62 valence electrons. The SMILES string of the molecule is CCOCC(C)(CO)CO. The van der Waals surface area contributed by atoms with Crippen LogP contribution in [0.25, 0.3) is 0 Å². The summed E-state index contributed by atoms with van der Waals surface area (Å²) in [6.45, 7) is 4.62. The highest BCUT2D eigenvalue weighted by atomic mass is 16.5. The van der Waals surface area contributed by atoms with Crippen LogP contribution in [0.15, 0.2) is 0 Å². The molecule has 0 aromatic rings. The lowest BCUT2D eigenvalue weighted by Gasteiger charge is -2.23. The Morgan fingerprint density at radius 3 is 2.10 bits per heavy atom. The molecule has 0 aliphatic carbocycles. The molecule has 0 aromatic carbocycles. The number of rotatable bonds is 5. The molecule has 0 amide bonds. The Balaban J connectivity index is 3.58. The van der Waals surface area contributed by atoms with Gasteiger partial charge in [0, 0.05) is 12.0 Å². The van der Waals surface area contributed by atoms with Crippen LogP contribution >= 0.6 is 0 Å². The van der Waals surface area contributed by atoms with Crippen molar-refractivity contribution in [2.45, 2.75) is 13.8 Å². The van der Waals surface area contributed by atoms with Gasteiger partial charge in [0.05, 0.1) is 19.8 Å². The highest BCUT2D eigenvalue weighted by molar-refractivity contribution is 4.70. The van der Waals surface area contributed by atoms with E-state index in [0.29, 0.717) is 13.2 Å². The summed E-state index contributed by atoms with van der Waals surface area (Å²) in [4.78, 5) is 0. The van der Waals surface area contributed by atoms with E-state index in [4.69, 9.17) is 14.9 Å². The fourth-order valence-corrected chi connectivity index (χ4v) is 0.490. The third kappa shape index (κ3) is 3.15. The minimum atomic E-state index is -0.476. The molecule has 0 spiro atoms. The van der Waals surface area contributed by atoms with Gasteiger partial charge >= 0.3 is 0 Å². The molecule has 0 fully saturated rings. The van der Waals surface area contributed by atoms with Gasteiger partial charge in [-0.3, -0.25) is 0 Å². The molecule has 0 atom stereocenters. The average Bonchev–Trinajstić information content (AvgIpc) is 2.00. The van der Waals surface area contributed by atoms with Gasteiger partial charge in [-0.2, -0.15) is 0 Å². The number of hydrogen-bond donors (Lipinski definition) is 2. The highest BCUT2D eigenvalue weighted by Gasteiger charge is 2.21. The van der Waals surface area contributed by atoms with Crippen molar-refractivity contribution in [3.63, 3.8) is 0 Å². The molecule has 0 aromatic heterocycles. The van der Waals surface area contributed by atoms with E-state index in [1.54, 1.807) is 6.92 Å². The van der Waals surface area contributed by atoms with E-state index in [0.717, 1.165) is 0 Å². The lowest BCUT2D eigenvalue weighted by molar-refractivity contribution is -0.0123. The Labute approximate surface area is 61.6 Å². The van der Waals surface area contributed by atoms with Crippen LogP contribution in [-0.2, 0) is 4.74 Å². The fourth-order valence-electron chi connectivity index (χ4n) is 0.490. The first-order chi connectivity index (χ1) is 4.68. The van der Waals surface area contributed by atoms with Crippen LogP contribution in [0.3, 0.4) is 0 Å². The summed E-state index contributed by atoms with van der Waals surface area (Å²) < 4.78 is 5.06. The van der Waals surface area contributed by atoms with Gasteiger partial charge in [-0.15, -0.1) is 0 Å². The first-order valence-corrected chi connectivity index (χ1v) is 3.48.